The molecule has 1 saturated heterocycles. The normalized spacial score (nSPS) is 25.3. The van der Waals surface area contributed by atoms with E-state index in [0.29, 0.717) is 12.5 Å². The van der Waals surface area contributed by atoms with E-state index in [-0.39, 0.29) is 11.5 Å². The zero-order chi connectivity index (χ0) is 18.7. The summed E-state index contributed by atoms with van der Waals surface area (Å²) in [6, 6.07) is 18.8. The Morgan fingerprint density at radius 2 is 1.67 bits per heavy atom. The molecule has 1 heterocycles. The lowest BCUT2D eigenvalue weighted by Crippen LogP contribution is -2.39. The molecule has 0 N–H and O–H groups in total. The first kappa shape index (κ1) is 18.2. The van der Waals surface area contributed by atoms with E-state index in [9.17, 15) is 4.79 Å². The monoisotopic (exact) mass is 363 g/mol. The predicted octanol–water partition coefficient (Wildman–Crippen LogP) is 5.13. The lowest BCUT2D eigenvalue weighted by Gasteiger charge is -2.35. The van der Waals surface area contributed by atoms with Crippen LogP contribution in [-0.2, 0) is 22.6 Å². The quantitative estimate of drug-likeness (QED) is 0.737. The molecule has 1 amide bonds. The van der Waals surface area contributed by atoms with Crippen LogP contribution in [0.3, 0.4) is 0 Å². The van der Waals surface area contributed by atoms with Gasteiger partial charge in [-0.15, -0.1) is 0 Å². The Balaban J connectivity index is 1.34. The van der Waals surface area contributed by atoms with Crippen molar-refractivity contribution < 1.29 is 9.53 Å². The van der Waals surface area contributed by atoms with Crippen molar-refractivity contribution in [2.24, 2.45) is 5.41 Å². The highest BCUT2D eigenvalue weighted by atomic mass is 16.5. The van der Waals surface area contributed by atoms with E-state index >= 15 is 0 Å². The zero-order valence-corrected chi connectivity index (χ0v) is 16.2. The maximum atomic E-state index is 13.2. The van der Waals surface area contributed by atoms with Gasteiger partial charge in [0.15, 0.2) is 0 Å². The standard InChI is InChI=1S/C24H29NO2/c1-2-19-8-10-21(11-9-19)25-17-16-24(23(25)26)14-12-22(13-15-24)27-18-20-6-4-3-5-7-20/h3-11,22H,2,12-18H2,1H3/t22-,24-. The molecule has 0 atom stereocenters. The number of benzene rings is 2. The van der Waals surface area contributed by atoms with E-state index in [1.807, 2.05) is 23.1 Å². The summed E-state index contributed by atoms with van der Waals surface area (Å²) < 4.78 is 6.12. The summed E-state index contributed by atoms with van der Waals surface area (Å²) in [6.07, 6.45) is 6.17. The van der Waals surface area contributed by atoms with E-state index < -0.39 is 0 Å². The van der Waals surface area contributed by atoms with Crippen LogP contribution in [0.25, 0.3) is 0 Å². The van der Waals surface area contributed by atoms with Crippen LogP contribution in [0.4, 0.5) is 5.69 Å². The third-order valence-electron chi connectivity index (χ3n) is 6.39. The van der Waals surface area contributed by atoms with Crippen molar-refractivity contribution in [3.63, 3.8) is 0 Å². The van der Waals surface area contributed by atoms with E-state index in [1.54, 1.807) is 0 Å². The summed E-state index contributed by atoms with van der Waals surface area (Å²) in [5.74, 6) is 0.327. The van der Waals surface area contributed by atoms with Crippen molar-refractivity contribution in [1.82, 2.24) is 0 Å². The second-order valence-electron chi connectivity index (χ2n) is 8.00. The van der Waals surface area contributed by atoms with Crippen LogP contribution < -0.4 is 4.90 Å². The molecule has 1 aliphatic carbocycles. The number of rotatable bonds is 5. The van der Waals surface area contributed by atoms with Crippen LogP contribution >= 0.6 is 0 Å². The fraction of sp³-hybridized carbons (Fsp3) is 0.458. The molecule has 3 nitrogen and oxygen atoms in total. The first-order valence-electron chi connectivity index (χ1n) is 10.3. The Morgan fingerprint density at radius 1 is 0.963 bits per heavy atom. The van der Waals surface area contributed by atoms with Gasteiger partial charge in [0.2, 0.25) is 5.91 Å². The molecule has 0 radical (unpaired) electrons. The molecule has 1 aliphatic heterocycles. The fourth-order valence-electron chi connectivity index (χ4n) is 4.54. The maximum Gasteiger partial charge on any atom is 0.233 e. The minimum absolute atomic E-state index is 0.157. The van der Waals surface area contributed by atoms with Crippen molar-refractivity contribution in [1.29, 1.82) is 0 Å². The van der Waals surface area contributed by atoms with Crippen LogP contribution in [0.1, 0.15) is 50.2 Å². The van der Waals surface area contributed by atoms with Crippen molar-refractivity contribution >= 4 is 11.6 Å². The highest BCUT2D eigenvalue weighted by Gasteiger charge is 2.48. The summed E-state index contributed by atoms with van der Waals surface area (Å²) >= 11 is 0. The number of nitrogens with zero attached hydrogens (tertiary/aromatic N) is 1. The largest absolute Gasteiger partial charge is 0.374 e. The smallest absolute Gasteiger partial charge is 0.233 e. The second kappa shape index (κ2) is 7.85. The van der Waals surface area contributed by atoms with Crippen molar-refractivity contribution in [3.05, 3.63) is 65.7 Å². The second-order valence-corrected chi connectivity index (χ2v) is 8.00. The Hall–Kier alpha value is -2.13. The Morgan fingerprint density at radius 3 is 2.33 bits per heavy atom. The molecule has 0 bridgehead atoms. The van der Waals surface area contributed by atoms with Gasteiger partial charge >= 0.3 is 0 Å². The Labute approximate surface area is 162 Å². The van der Waals surface area contributed by atoms with Gasteiger partial charge in [-0.3, -0.25) is 4.79 Å². The molecule has 2 aromatic carbocycles. The number of ether oxygens (including phenoxy) is 1. The summed E-state index contributed by atoms with van der Waals surface area (Å²) in [4.78, 5) is 15.2. The topological polar surface area (TPSA) is 29.5 Å². The molecule has 0 unspecified atom stereocenters. The molecule has 27 heavy (non-hydrogen) atoms. The van der Waals surface area contributed by atoms with Crippen molar-refractivity contribution in [3.8, 4) is 0 Å². The number of hydrogen-bond acceptors (Lipinski definition) is 2. The van der Waals surface area contributed by atoms with Crippen LogP contribution in [0.2, 0.25) is 0 Å². The average molecular weight is 364 g/mol. The minimum atomic E-state index is -0.157. The van der Waals surface area contributed by atoms with Gasteiger partial charge in [-0.2, -0.15) is 0 Å². The third kappa shape index (κ3) is 3.79. The molecule has 2 aromatic rings. The van der Waals surface area contributed by atoms with Gasteiger partial charge in [-0.1, -0.05) is 49.4 Å². The van der Waals surface area contributed by atoms with Gasteiger partial charge in [-0.25, -0.2) is 0 Å². The van der Waals surface area contributed by atoms with Crippen LogP contribution in [0.5, 0.6) is 0 Å². The summed E-state index contributed by atoms with van der Waals surface area (Å²) in [6.45, 7) is 3.67. The average Bonchev–Trinajstić information content (AvgIpc) is 3.04. The van der Waals surface area contributed by atoms with Crippen molar-refractivity contribution in [2.75, 3.05) is 11.4 Å². The van der Waals surface area contributed by atoms with Gasteiger partial charge in [-0.05, 0) is 61.8 Å². The van der Waals surface area contributed by atoms with E-state index in [4.69, 9.17) is 4.74 Å². The molecular weight excluding hydrogens is 334 g/mol. The van der Waals surface area contributed by atoms with Gasteiger partial charge in [0.1, 0.15) is 0 Å². The van der Waals surface area contributed by atoms with Crippen LogP contribution in [-0.4, -0.2) is 18.6 Å². The highest BCUT2D eigenvalue weighted by Crippen LogP contribution is 2.46. The molecule has 2 fully saturated rings. The first-order chi connectivity index (χ1) is 13.2. The fourth-order valence-corrected chi connectivity index (χ4v) is 4.54. The third-order valence-corrected chi connectivity index (χ3v) is 6.39. The number of aryl methyl sites for hydroxylation is 1. The van der Waals surface area contributed by atoms with E-state index in [0.717, 1.165) is 50.8 Å². The van der Waals surface area contributed by atoms with E-state index in [2.05, 4.69) is 43.3 Å². The van der Waals surface area contributed by atoms with Crippen molar-refractivity contribution in [2.45, 2.75) is 58.2 Å². The van der Waals surface area contributed by atoms with Gasteiger partial charge in [0, 0.05) is 12.2 Å². The summed E-state index contributed by atoms with van der Waals surface area (Å²) in [5.41, 5.74) is 3.43. The number of carbonyl (C=O) groups excluding carboxylic acids is 1. The predicted molar refractivity (Wildman–Crippen MR) is 109 cm³/mol. The van der Waals surface area contributed by atoms with E-state index in [1.165, 1.54) is 11.1 Å². The number of anilines is 1. The molecule has 1 spiro atoms. The molecule has 142 valence electrons. The molecule has 0 aromatic heterocycles. The molecular formula is C24H29NO2. The summed E-state index contributed by atoms with van der Waals surface area (Å²) in [5, 5.41) is 0. The number of carbonyl (C=O) groups is 1. The lowest BCUT2D eigenvalue weighted by atomic mass is 9.72. The molecule has 1 saturated carbocycles. The molecule has 3 heteroatoms. The minimum Gasteiger partial charge on any atom is -0.374 e. The highest BCUT2D eigenvalue weighted by molar-refractivity contribution is 5.99. The lowest BCUT2D eigenvalue weighted by molar-refractivity contribution is -0.129. The first-order valence-corrected chi connectivity index (χ1v) is 10.3. The Kier molecular flexibility index (Phi) is 5.31. The summed E-state index contributed by atoms with van der Waals surface area (Å²) in [7, 11) is 0. The Bertz CT molecular complexity index is 761. The van der Waals surface area contributed by atoms with Crippen LogP contribution in [0, 0.1) is 5.41 Å². The molecule has 2 aliphatic rings. The van der Waals surface area contributed by atoms with Gasteiger partial charge < -0.3 is 9.64 Å². The van der Waals surface area contributed by atoms with Gasteiger partial charge in [0.05, 0.1) is 18.1 Å². The zero-order valence-electron chi connectivity index (χ0n) is 16.2. The maximum absolute atomic E-state index is 13.2. The van der Waals surface area contributed by atoms with Crippen LogP contribution in [0.15, 0.2) is 54.6 Å². The SMILES string of the molecule is CCc1ccc(N2CC[C@]3(CC[C@@H](OCc4ccccc4)CC3)C2=O)cc1. The molecule has 4 rings (SSSR count). The number of hydrogen-bond donors (Lipinski definition) is 0. The number of amides is 1. The van der Waals surface area contributed by atoms with Gasteiger partial charge in [0.25, 0.3) is 0 Å².